The highest BCUT2D eigenvalue weighted by molar-refractivity contribution is 5.40. The molecule has 0 bridgehead atoms. The third-order valence-electron chi connectivity index (χ3n) is 2.21. The van der Waals surface area contributed by atoms with Crippen molar-refractivity contribution in [2.75, 3.05) is 0 Å². The van der Waals surface area contributed by atoms with Gasteiger partial charge in [-0.25, -0.2) is 4.98 Å². The molecular weight excluding hydrogens is 208 g/mol. The number of rotatable bonds is 5. The predicted molar refractivity (Wildman–Crippen MR) is 56.5 cm³/mol. The van der Waals surface area contributed by atoms with Gasteiger partial charge in [0.1, 0.15) is 0 Å². The maximum Gasteiger partial charge on any atom is 0.238 e. The zero-order valence-corrected chi connectivity index (χ0v) is 9.05. The summed E-state index contributed by atoms with van der Waals surface area (Å²) in [6.07, 6.45) is 4.95. The summed E-state index contributed by atoms with van der Waals surface area (Å²) < 4.78 is 5.02. The molecule has 1 atom stereocenters. The van der Waals surface area contributed by atoms with Crippen molar-refractivity contribution in [3.63, 3.8) is 0 Å². The van der Waals surface area contributed by atoms with E-state index in [-0.39, 0.29) is 0 Å². The summed E-state index contributed by atoms with van der Waals surface area (Å²) in [7, 11) is 0. The Hall–Kier alpha value is -1.69. The summed E-state index contributed by atoms with van der Waals surface area (Å²) in [5.74, 6) is 1.43. The van der Waals surface area contributed by atoms with E-state index in [1.165, 1.54) is 0 Å². The fourth-order valence-electron chi connectivity index (χ4n) is 1.46. The lowest BCUT2D eigenvalue weighted by molar-refractivity contribution is 0.152. The highest BCUT2D eigenvalue weighted by atomic mass is 16.5. The van der Waals surface area contributed by atoms with Crippen LogP contribution >= 0.6 is 0 Å². The van der Waals surface area contributed by atoms with Crippen LogP contribution < -0.4 is 0 Å². The number of nitrogens with zero attached hydrogens (tertiary/aromatic N) is 3. The molecule has 2 rings (SSSR count). The van der Waals surface area contributed by atoms with Gasteiger partial charge in [0.2, 0.25) is 11.7 Å². The van der Waals surface area contributed by atoms with Crippen LogP contribution in [0.4, 0.5) is 0 Å². The molecule has 0 aliphatic heterocycles. The largest absolute Gasteiger partial charge is 0.393 e. The SMILES string of the molecule is CCCC(O)Cc1nc(-c2ncc[nH]2)no1. The zero-order chi connectivity index (χ0) is 11.4. The average Bonchev–Trinajstić information content (AvgIpc) is 2.86. The van der Waals surface area contributed by atoms with Crippen molar-refractivity contribution < 1.29 is 9.63 Å². The maximum atomic E-state index is 9.59. The highest BCUT2D eigenvalue weighted by Crippen LogP contribution is 2.11. The van der Waals surface area contributed by atoms with Crippen LogP contribution in [-0.4, -0.2) is 31.3 Å². The van der Waals surface area contributed by atoms with Crippen molar-refractivity contribution in [3.8, 4) is 11.6 Å². The quantitative estimate of drug-likeness (QED) is 0.792. The van der Waals surface area contributed by atoms with Crippen LogP contribution in [0.1, 0.15) is 25.7 Å². The zero-order valence-electron chi connectivity index (χ0n) is 9.05. The molecule has 0 fully saturated rings. The Kier molecular flexibility index (Phi) is 3.31. The Morgan fingerprint density at radius 3 is 3.12 bits per heavy atom. The molecule has 2 aromatic rings. The van der Waals surface area contributed by atoms with Gasteiger partial charge < -0.3 is 14.6 Å². The summed E-state index contributed by atoms with van der Waals surface area (Å²) in [5, 5.41) is 13.4. The maximum absolute atomic E-state index is 9.59. The summed E-state index contributed by atoms with van der Waals surface area (Å²) in [5.41, 5.74) is 0. The molecule has 6 heteroatoms. The third-order valence-corrected chi connectivity index (χ3v) is 2.21. The summed E-state index contributed by atoms with van der Waals surface area (Å²) in [6.45, 7) is 2.02. The van der Waals surface area contributed by atoms with Gasteiger partial charge in [-0.05, 0) is 6.42 Å². The van der Waals surface area contributed by atoms with Crippen LogP contribution in [0.25, 0.3) is 11.6 Å². The van der Waals surface area contributed by atoms with Crippen LogP contribution in [0.2, 0.25) is 0 Å². The number of aliphatic hydroxyl groups is 1. The van der Waals surface area contributed by atoms with E-state index in [4.69, 9.17) is 4.52 Å². The smallest absolute Gasteiger partial charge is 0.238 e. The molecule has 0 aliphatic rings. The van der Waals surface area contributed by atoms with Gasteiger partial charge in [0.15, 0.2) is 5.82 Å². The molecule has 86 valence electrons. The van der Waals surface area contributed by atoms with Gasteiger partial charge in [0.05, 0.1) is 12.5 Å². The number of nitrogens with one attached hydrogen (secondary N) is 1. The van der Waals surface area contributed by atoms with E-state index in [2.05, 4.69) is 20.1 Å². The summed E-state index contributed by atoms with van der Waals surface area (Å²) in [4.78, 5) is 11.0. The number of hydrogen-bond acceptors (Lipinski definition) is 5. The van der Waals surface area contributed by atoms with Gasteiger partial charge >= 0.3 is 0 Å². The Morgan fingerprint density at radius 2 is 2.44 bits per heavy atom. The normalized spacial score (nSPS) is 12.9. The van der Waals surface area contributed by atoms with E-state index in [9.17, 15) is 5.11 Å². The number of imidazole rings is 1. The lowest BCUT2D eigenvalue weighted by Gasteiger charge is -2.03. The summed E-state index contributed by atoms with van der Waals surface area (Å²) in [6, 6.07) is 0. The number of aliphatic hydroxyl groups excluding tert-OH is 1. The minimum absolute atomic E-state index is 0.390. The fraction of sp³-hybridized carbons (Fsp3) is 0.500. The van der Waals surface area contributed by atoms with Gasteiger partial charge in [-0.3, -0.25) is 0 Å². The van der Waals surface area contributed by atoms with E-state index >= 15 is 0 Å². The fourth-order valence-corrected chi connectivity index (χ4v) is 1.46. The van der Waals surface area contributed by atoms with E-state index in [0.29, 0.717) is 24.0 Å². The first-order valence-electron chi connectivity index (χ1n) is 5.30. The molecule has 6 nitrogen and oxygen atoms in total. The minimum Gasteiger partial charge on any atom is -0.393 e. The molecule has 0 radical (unpaired) electrons. The Balaban J connectivity index is 2.03. The second-order valence-electron chi connectivity index (χ2n) is 3.60. The second-order valence-corrected chi connectivity index (χ2v) is 3.60. The topological polar surface area (TPSA) is 87.8 Å². The van der Waals surface area contributed by atoms with Gasteiger partial charge in [-0.1, -0.05) is 18.5 Å². The first-order chi connectivity index (χ1) is 7.79. The lowest BCUT2D eigenvalue weighted by atomic mass is 10.1. The van der Waals surface area contributed by atoms with Gasteiger partial charge in [-0.2, -0.15) is 4.98 Å². The van der Waals surface area contributed by atoms with Crippen LogP contribution in [0, 0.1) is 0 Å². The number of aromatic nitrogens is 4. The molecule has 2 heterocycles. The Bertz CT molecular complexity index is 424. The van der Waals surface area contributed by atoms with Crippen molar-refractivity contribution in [2.45, 2.75) is 32.3 Å². The third kappa shape index (κ3) is 2.46. The molecule has 0 saturated heterocycles. The van der Waals surface area contributed by atoms with Gasteiger partial charge in [-0.15, -0.1) is 0 Å². The average molecular weight is 222 g/mol. The first-order valence-corrected chi connectivity index (χ1v) is 5.30. The molecule has 2 aromatic heterocycles. The van der Waals surface area contributed by atoms with E-state index in [1.54, 1.807) is 12.4 Å². The van der Waals surface area contributed by atoms with Crippen molar-refractivity contribution >= 4 is 0 Å². The van der Waals surface area contributed by atoms with E-state index in [1.807, 2.05) is 6.92 Å². The molecule has 0 spiro atoms. The summed E-state index contributed by atoms with van der Waals surface area (Å²) >= 11 is 0. The number of aromatic amines is 1. The van der Waals surface area contributed by atoms with Crippen LogP contribution in [0.5, 0.6) is 0 Å². The molecule has 1 unspecified atom stereocenters. The molecule has 0 amide bonds. The monoisotopic (exact) mass is 222 g/mol. The van der Waals surface area contributed by atoms with E-state index in [0.717, 1.165) is 12.8 Å². The van der Waals surface area contributed by atoms with Crippen LogP contribution in [-0.2, 0) is 6.42 Å². The number of hydrogen-bond donors (Lipinski definition) is 2. The molecule has 0 aromatic carbocycles. The Labute approximate surface area is 92.7 Å². The number of H-pyrrole nitrogens is 1. The molecule has 16 heavy (non-hydrogen) atoms. The molecule has 2 N–H and O–H groups in total. The van der Waals surface area contributed by atoms with Crippen molar-refractivity contribution in [1.82, 2.24) is 20.1 Å². The Morgan fingerprint density at radius 1 is 1.56 bits per heavy atom. The highest BCUT2D eigenvalue weighted by Gasteiger charge is 2.13. The molecule has 0 aliphatic carbocycles. The minimum atomic E-state index is -0.421. The lowest BCUT2D eigenvalue weighted by Crippen LogP contribution is -2.09. The first kappa shape index (κ1) is 10.8. The van der Waals surface area contributed by atoms with Crippen LogP contribution in [0.3, 0.4) is 0 Å². The standard InChI is InChI=1S/C10H14N4O2/c1-2-3-7(15)6-8-13-10(14-16-8)9-11-4-5-12-9/h4-5,7,15H,2-3,6H2,1H3,(H,11,12). The van der Waals surface area contributed by atoms with Crippen molar-refractivity contribution in [2.24, 2.45) is 0 Å². The molecular formula is C10H14N4O2. The van der Waals surface area contributed by atoms with Crippen molar-refractivity contribution in [3.05, 3.63) is 18.3 Å². The second kappa shape index (κ2) is 4.89. The van der Waals surface area contributed by atoms with Crippen molar-refractivity contribution in [1.29, 1.82) is 0 Å². The van der Waals surface area contributed by atoms with Gasteiger partial charge in [0.25, 0.3) is 0 Å². The molecule has 0 saturated carbocycles. The van der Waals surface area contributed by atoms with Crippen LogP contribution in [0.15, 0.2) is 16.9 Å². The van der Waals surface area contributed by atoms with Gasteiger partial charge in [0, 0.05) is 12.4 Å². The predicted octanol–water partition coefficient (Wildman–Crippen LogP) is 1.16. The van der Waals surface area contributed by atoms with E-state index < -0.39 is 6.10 Å².